The fourth-order valence-corrected chi connectivity index (χ4v) is 2.84. The summed E-state index contributed by atoms with van der Waals surface area (Å²) in [5, 5.41) is 4.91. The number of anilines is 2. The molecule has 0 aromatic heterocycles. The highest BCUT2D eigenvalue weighted by Gasteiger charge is 2.56. The summed E-state index contributed by atoms with van der Waals surface area (Å²) in [5.74, 6) is -3.62. The van der Waals surface area contributed by atoms with Crippen molar-refractivity contribution in [2.24, 2.45) is 5.41 Å². The summed E-state index contributed by atoms with van der Waals surface area (Å²) in [6, 6.07) is 7.86. The Morgan fingerprint density at radius 2 is 1.50 bits per heavy atom. The van der Waals surface area contributed by atoms with Gasteiger partial charge in [0.25, 0.3) is 0 Å². The van der Waals surface area contributed by atoms with Gasteiger partial charge in [0.05, 0.1) is 0 Å². The van der Waals surface area contributed by atoms with Crippen molar-refractivity contribution in [1.29, 1.82) is 0 Å². The lowest BCUT2D eigenvalue weighted by atomic mass is 10.0. The maximum Gasteiger partial charge on any atom is 0.446 e. The highest BCUT2D eigenvalue weighted by Crippen LogP contribution is 2.47. The van der Waals surface area contributed by atoms with Crippen molar-refractivity contribution in [2.75, 3.05) is 10.6 Å². The summed E-state index contributed by atoms with van der Waals surface area (Å²) in [6.45, 7) is 0. The number of carbonyl (C=O) groups excluding carboxylic acids is 2. The molecule has 3 N–H and O–H groups in total. The Hall–Kier alpha value is -3.05. The highest BCUT2D eigenvalue weighted by atomic mass is 32.3. The second-order valence-corrected chi connectivity index (χ2v) is 7.18. The molecule has 0 bridgehead atoms. The number of carbonyl (C=O) groups is 2. The molecule has 0 unspecified atom stereocenters. The molecule has 2 amide bonds. The molecular weight excluding hydrogens is 398 g/mol. The number of halogens is 2. The fourth-order valence-electron chi connectivity index (χ4n) is 2.48. The van der Waals surface area contributed by atoms with Crippen molar-refractivity contribution in [1.82, 2.24) is 0 Å². The van der Waals surface area contributed by atoms with E-state index >= 15 is 0 Å². The standard InChI is InChI=1S/C17H14F2N2O6S/c18-10-1-3-11(4-2-10)20-15(22)17(7-8-17)16(23)21-12-5-6-14(13(19)9-12)27-28(24,25)26/h1-6,9H,7-8H2,(H,20,22)(H,21,23)(H,24,25,26). The van der Waals surface area contributed by atoms with E-state index in [0.29, 0.717) is 5.69 Å². The SMILES string of the molecule is O=C(Nc1ccc(F)cc1)C1(C(=O)Nc2ccc(OS(=O)(=O)O)c(F)c2)CC1. The van der Waals surface area contributed by atoms with Crippen LogP contribution < -0.4 is 14.8 Å². The molecule has 148 valence electrons. The Bertz CT molecular complexity index is 1040. The van der Waals surface area contributed by atoms with Gasteiger partial charge in [-0.05, 0) is 49.2 Å². The second-order valence-electron chi connectivity index (χ2n) is 6.15. The van der Waals surface area contributed by atoms with Gasteiger partial charge in [-0.2, -0.15) is 8.42 Å². The van der Waals surface area contributed by atoms with E-state index in [-0.39, 0.29) is 18.5 Å². The third-order valence-corrected chi connectivity index (χ3v) is 4.50. The molecule has 0 saturated heterocycles. The molecule has 1 fully saturated rings. The maximum absolute atomic E-state index is 13.9. The summed E-state index contributed by atoms with van der Waals surface area (Å²) in [4.78, 5) is 24.9. The molecule has 2 aromatic rings. The topological polar surface area (TPSA) is 122 Å². The molecule has 0 spiro atoms. The predicted octanol–water partition coefficient (Wildman–Crippen LogP) is 2.50. The largest absolute Gasteiger partial charge is 0.446 e. The minimum atomic E-state index is -4.90. The lowest BCUT2D eigenvalue weighted by Gasteiger charge is -2.16. The van der Waals surface area contributed by atoms with Crippen LogP contribution in [-0.2, 0) is 20.0 Å². The first-order chi connectivity index (χ1) is 13.1. The van der Waals surface area contributed by atoms with Crippen LogP contribution in [0.3, 0.4) is 0 Å². The lowest BCUT2D eigenvalue weighted by molar-refractivity contribution is -0.131. The van der Waals surface area contributed by atoms with Crippen molar-refractivity contribution in [3.05, 3.63) is 54.1 Å². The van der Waals surface area contributed by atoms with Crippen LogP contribution in [0.25, 0.3) is 0 Å². The monoisotopic (exact) mass is 412 g/mol. The molecule has 1 saturated carbocycles. The van der Waals surface area contributed by atoms with Gasteiger partial charge in [0, 0.05) is 17.4 Å². The number of nitrogens with one attached hydrogen (secondary N) is 2. The van der Waals surface area contributed by atoms with E-state index in [1.807, 2.05) is 0 Å². The van der Waals surface area contributed by atoms with E-state index in [9.17, 15) is 26.8 Å². The van der Waals surface area contributed by atoms with Gasteiger partial charge in [-0.3, -0.25) is 14.1 Å². The van der Waals surface area contributed by atoms with Gasteiger partial charge in [0.1, 0.15) is 11.2 Å². The van der Waals surface area contributed by atoms with Crippen molar-refractivity contribution in [3.63, 3.8) is 0 Å². The zero-order valence-corrected chi connectivity index (χ0v) is 14.9. The molecule has 1 aliphatic carbocycles. The number of amides is 2. The van der Waals surface area contributed by atoms with Gasteiger partial charge in [0.15, 0.2) is 11.6 Å². The molecule has 0 heterocycles. The molecule has 28 heavy (non-hydrogen) atoms. The van der Waals surface area contributed by atoms with Gasteiger partial charge in [-0.15, -0.1) is 0 Å². The Labute approximate surface area is 158 Å². The summed E-state index contributed by atoms with van der Waals surface area (Å²) in [5.41, 5.74) is -1.05. The predicted molar refractivity (Wildman–Crippen MR) is 93.9 cm³/mol. The Morgan fingerprint density at radius 1 is 0.964 bits per heavy atom. The lowest BCUT2D eigenvalue weighted by Crippen LogP contribution is -2.35. The van der Waals surface area contributed by atoms with E-state index < -0.39 is 45.0 Å². The molecule has 2 aromatic carbocycles. The van der Waals surface area contributed by atoms with Gasteiger partial charge >= 0.3 is 10.4 Å². The fraction of sp³-hybridized carbons (Fsp3) is 0.176. The molecule has 3 rings (SSSR count). The Balaban J connectivity index is 1.69. The molecule has 0 atom stereocenters. The van der Waals surface area contributed by atoms with Crippen molar-refractivity contribution in [3.8, 4) is 5.75 Å². The van der Waals surface area contributed by atoms with Crippen LogP contribution in [0, 0.1) is 17.0 Å². The van der Waals surface area contributed by atoms with E-state index in [1.54, 1.807) is 0 Å². The molecule has 11 heteroatoms. The average molecular weight is 412 g/mol. The van der Waals surface area contributed by atoms with Gasteiger partial charge in [0.2, 0.25) is 11.8 Å². The van der Waals surface area contributed by atoms with Crippen molar-refractivity contribution in [2.45, 2.75) is 12.8 Å². The quantitative estimate of drug-likeness (QED) is 0.495. The van der Waals surface area contributed by atoms with Crippen LogP contribution in [0.1, 0.15) is 12.8 Å². The zero-order valence-electron chi connectivity index (χ0n) is 14.1. The van der Waals surface area contributed by atoms with E-state index in [4.69, 9.17) is 4.55 Å². The van der Waals surface area contributed by atoms with E-state index in [2.05, 4.69) is 14.8 Å². The third kappa shape index (κ3) is 4.43. The Morgan fingerprint density at radius 3 is 2.00 bits per heavy atom. The first-order valence-electron chi connectivity index (χ1n) is 7.94. The van der Waals surface area contributed by atoms with Gasteiger partial charge in [-0.1, -0.05) is 0 Å². The van der Waals surface area contributed by atoms with Crippen LogP contribution in [0.5, 0.6) is 5.75 Å². The highest BCUT2D eigenvalue weighted by molar-refractivity contribution is 7.81. The zero-order chi connectivity index (χ0) is 20.5. The first kappa shape index (κ1) is 19.7. The van der Waals surface area contributed by atoms with Gasteiger partial charge in [-0.25, -0.2) is 8.78 Å². The number of benzene rings is 2. The maximum atomic E-state index is 13.9. The second kappa shape index (κ2) is 7.17. The van der Waals surface area contributed by atoms with Crippen LogP contribution in [0.2, 0.25) is 0 Å². The minimum Gasteiger partial charge on any atom is -0.359 e. The summed E-state index contributed by atoms with van der Waals surface area (Å²) < 4.78 is 60.7. The van der Waals surface area contributed by atoms with Gasteiger partial charge < -0.3 is 14.8 Å². The first-order valence-corrected chi connectivity index (χ1v) is 9.30. The smallest absolute Gasteiger partial charge is 0.359 e. The van der Waals surface area contributed by atoms with Crippen LogP contribution >= 0.6 is 0 Å². The van der Waals surface area contributed by atoms with E-state index in [1.165, 1.54) is 12.1 Å². The molecule has 8 nitrogen and oxygen atoms in total. The van der Waals surface area contributed by atoms with E-state index in [0.717, 1.165) is 30.3 Å². The van der Waals surface area contributed by atoms with Crippen LogP contribution in [0.15, 0.2) is 42.5 Å². The molecular formula is C17H14F2N2O6S. The Kier molecular flexibility index (Phi) is 5.04. The summed E-state index contributed by atoms with van der Waals surface area (Å²) in [6.07, 6.45) is 0.552. The molecule has 1 aliphatic rings. The van der Waals surface area contributed by atoms with Crippen molar-refractivity contribution < 1.29 is 35.5 Å². The van der Waals surface area contributed by atoms with Crippen molar-refractivity contribution >= 4 is 33.6 Å². The minimum absolute atomic E-state index is 0.0361. The van der Waals surface area contributed by atoms with Crippen LogP contribution in [0.4, 0.5) is 20.2 Å². The normalized spacial score (nSPS) is 14.8. The number of hydrogen-bond donors (Lipinski definition) is 3. The summed E-state index contributed by atoms with van der Waals surface area (Å²) >= 11 is 0. The number of rotatable bonds is 6. The molecule has 0 radical (unpaired) electrons. The third-order valence-electron chi connectivity index (χ3n) is 4.11. The summed E-state index contributed by atoms with van der Waals surface area (Å²) in [7, 11) is -4.90. The molecule has 0 aliphatic heterocycles. The average Bonchev–Trinajstić information content (AvgIpc) is 3.40. The number of hydrogen-bond acceptors (Lipinski definition) is 5. The van der Waals surface area contributed by atoms with Crippen LogP contribution in [-0.4, -0.2) is 24.8 Å².